The van der Waals surface area contributed by atoms with Gasteiger partial charge in [-0.25, -0.2) is 4.39 Å². The average molecular weight is 280 g/mol. The zero-order valence-electron chi connectivity index (χ0n) is 11.5. The maximum absolute atomic E-state index is 13.8. The molecular formula is C15H21FN2S. The Morgan fingerprint density at radius 2 is 2.21 bits per heavy atom. The highest BCUT2D eigenvalue weighted by Crippen LogP contribution is 2.36. The highest BCUT2D eigenvalue weighted by atomic mass is 32.1. The molecule has 0 spiro atoms. The van der Waals surface area contributed by atoms with Gasteiger partial charge in [0, 0.05) is 17.3 Å². The zero-order chi connectivity index (χ0) is 14.0. The molecule has 0 bridgehead atoms. The number of nitrogens with two attached hydrogens (primary N) is 1. The van der Waals surface area contributed by atoms with Crippen molar-refractivity contribution in [2.45, 2.75) is 45.6 Å². The maximum atomic E-state index is 13.8. The molecule has 0 saturated heterocycles. The molecule has 0 radical (unpaired) electrons. The predicted molar refractivity (Wildman–Crippen MR) is 81.9 cm³/mol. The lowest BCUT2D eigenvalue weighted by atomic mass is 9.75. The van der Waals surface area contributed by atoms with Crippen LogP contribution < -0.4 is 11.1 Å². The van der Waals surface area contributed by atoms with Crippen LogP contribution in [0, 0.1) is 11.2 Å². The third-order valence-electron chi connectivity index (χ3n) is 3.81. The first-order valence-electron chi connectivity index (χ1n) is 6.73. The van der Waals surface area contributed by atoms with E-state index in [1.807, 2.05) is 6.07 Å². The molecule has 19 heavy (non-hydrogen) atoms. The van der Waals surface area contributed by atoms with Crippen molar-refractivity contribution < 1.29 is 4.39 Å². The van der Waals surface area contributed by atoms with E-state index in [2.05, 4.69) is 19.2 Å². The minimum absolute atomic E-state index is 0.0999. The van der Waals surface area contributed by atoms with E-state index in [9.17, 15) is 4.39 Å². The molecule has 1 atom stereocenters. The largest absolute Gasteiger partial charge is 0.389 e. The fourth-order valence-corrected chi connectivity index (χ4v) is 3.03. The van der Waals surface area contributed by atoms with Gasteiger partial charge in [0.05, 0.1) is 0 Å². The molecule has 1 aromatic carbocycles. The van der Waals surface area contributed by atoms with Gasteiger partial charge in [0.1, 0.15) is 10.8 Å². The molecule has 0 heterocycles. The molecule has 104 valence electrons. The van der Waals surface area contributed by atoms with Gasteiger partial charge in [-0.15, -0.1) is 0 Å². The summed E-state index contributed by atoms with van der Waals surface area (Å²) in [6.07, 6.45) is 4.74. The van der Waals surface area contributed by atoms with Crippen LogP contribution in [0.4, 0.5) is 10.1 Å². The molecule has 1 saturated carbocycles. The predicted octanol–water partition coefficient (Wildman–Crippen LogP) is 3.84. The van der Waals surface area contributed by atoms with Crippen LogP contribution in [0.5, 0.6) is 0 Å². The molecule has 1 aliphatic rings. The van der Waals surface area contributed by atoms with Crippen molar-refractivity contribution in [2.24, 2.45) is 11.1 Å². The van der Waals surface area contributed by atoms with Crippen LogP contribution in [0.25, 0.3) is 0 Å². The van der Waals surface area contributed by atoms with E-state index < -0.39 is 0 Å². The molecule has 1 fully saturated rings. The summed E-state index contributed by atoms with van der Waals surface area (Å²) in [6.45, 7) is 4.58. The second-order valence-corrected chi connectivity index (χ2v) is 6.60. The Labute approximate surface area is 119 Å². The van der Waals surface area contributed by atoms with E-state index in [1.165, 1.54) is 18.9 Å². The summed E-state index contributed by atoms with van der Waals surface area (Å²) in [6, 6.07) is 5.39. The third-order valence-corrected chi connectivity index (χ3v) is 4.03. The lowest BCUT2D eigenvalue weighted by Gasteiger charge is -2.36. The van der Waals surface area contributed by atoms with Gasteiger partial charge in [-0.2, -0.15) is 0 Å². The van der Waals surface area contributed by atoms with Gasteiger partial charge in [-0.3, -0.25) is 0 Å². The summed E-state index contributed by atoms with van der Waals surface area (Å²) < 4.78 is 13.8. The van der Waals surface area contributed by atoms with E-state index in [4.69, 9.17) is 18.0 Å². The molecular weight excluding hydrogens is 259 g/mol. The van der Waals surface area contributed by atoms with Gasteiger partial charge in [0.25, 0.3) is 0 Å². The first-order chi connectivity index (χ1) is 8.87. The fourth-order valence-electron chi connectivity index (χ4n) is 2.86. The number of rotatable bonds is 3. The molecule has 2 nitrogen and oxygen atoms in total. The molecule has 1 aromatic rings. The SMILES string of the molecule is CC1(C)CCCC(Nc2ccc(C(N)=S)c(F)c2)C1. The Morgan fingerprint density at radius 3 is 2.79 bits per heavy atom. The molecule has 0 aromatic heterocycles. The van der Waals surface area contributed by atoms with Crippen molar-refractivity contribution in [3.05, 3.63) is 29.6 Å². The van der Waals surface area contributed by atoms with Crippen molar-refractivity contribution in [1.82, 2.24) is 0 Å². The summed E-state index contributed by atoms with van der Waals surface area (Å²) in [4.78, 5) is 0.0999. The number of nitrogens with one attached hydrogen (secondary N) is 1. The first-order valence-corrected chi connectivity index (χ1v) is 7.14. The van der Waals surface area contributed by atoms with Gasteiger partial charge in [0.15, 0.2) is 0 Å². The Kier molecular flexibility index (Phi) is 4.09. The number of hydrogen-bond acceptors (Lipinski definition) is 2. The zero-order valence-corrected chi connectivity index (χ0v) is 12.3. The molecule has 1 unspecified atom stereocenters. The molecule has 4 heteroatoms. The van der Waals surface area contributed by atoms with Crippen LogP contribution in [0.1, 0.15) is 45.1 Å². The average Bonchev–Trinajstić information content (AvgIpc) is 2.27. The van der Waals surface area contributed by atoms with Crippen molar-refractivity contribution >= 4 is 22.9 Å². The third kappa shape index (κ3) is 3.66. The van der Waals surface area contributed by atoms with Crippen molar-refractivity contribution in [3.63, 3.8) is 0 Å². The van der Waals surface area contributed by atoms with Crippen molar-refractivity contribution in [2.75, 3.05) is 5.32 Å². The van der Waals surface area contributed by atoms with E-state index in [0.717, 1.165) is 18.5 Å². The van der Waals surface area contributed by atoms with Gasteiger partial charge < -0.3 is 11.1 Å². The number of thiocarbonyl (C=S) groups is 1. The smallest absolute Gasteiger partial charge is 0.135 e. The van der Waals surface area contributed by atoms with E-state index in [-0.39, 0.29) is 10.8 Å². The Balaban J connectivity index is 2.07. The van der Waals surface area contributed by atoms with Crippen LogP contribution in [-0.2, 0) is 0 Å². The maximum Gasteiger partial charge on any atom is 0.135 e. The standard InChI is InChI=1S/C15H21FN2S/c1-15(2)7-3-4-11(9-15)18-10-5-6-12(14(17)19)13(16)8-10/h5-6,8,11,18H,3-4,7,9H2,1-2H3,(H2,17,19). The number of benzene rings is 1. The van der Waals surface area contributed by atoms with Crippen molar-refractivity contribution in [1.29, 1.82) is 0 Å². The molecule has 3 N–H and O–H groups in total. The van der Waals surface area contributed by atoms with E-state index in [0.29, 0.717) is 17.0 Å². The lowest BCUT2D eigenvalue weighted by Crippen LogP contribution is -2.31. The van der Waals surface area contributed by atoms with Crippen molar-refractivity contribution in [3.8, 4) is 0 Å². The van der Waals surface area contributed by atoms with Crippen LogP contribution >= 0.6 is 12.2 Å². The van der Waals surface area contributed by atoms with Gasteiger partial charge >= 0.3 is 0 Å². The Morgan fingerprint density at radius 1 is 1.47 bits per heavy atom. The van der Waals surface area contributed by atoms with E-state index in [1.54, 1.807) is 6.07 Å². The summed E-state index contributed by atoms with van der Waals surface area (Å²) in [7, 11) is 0. The topological polar surface area (TPSA) is 38.0 Å². The number of halogens is 1. The lowest BCUT2D eigenvalue weighted by molar-refractivity contribution is 0.229. The molecule has 0 aliphatic heterocycles. The highest BCUT2D eigenvalue weighted by Gasteiger charge is 2.27. The summed E-state index contributed by atoms with van der Waals surface area (Å²) >= 11 is 4.80. The molecule has 0 amide bonds. The van der Waals surface area contributed by atoms with Gasteiger partial charge in [-0.05, 0) is 42.9 Å². The summed E-state index contributed by atoms with van der Waals surface area (Å²) in [5.41, 5.74) is 6.94. The quantitative estimate of drug-likeness (QED) is 0.826. The minimum atomic E-state index is -0.354. The first kappa shape index (κ1) is 14.3. The van der Waals surface area contributed by atoms with Crippen LogP contribution in [0.15, 0.2) is 18.2 Å². The number of anilines is 1. The second kappa shape index (κ2) is 5.45. The molecule has 1 aliphatic carbocycles. The van der Waals surface area contributed by atoms with Crippen LogP contribution in [-0.4, -0.2) is 11.0 Å². The monoisotopic (exact) mass is 280 g/mol. The Hall–Kier alpha value is -1.16. The van der Waals surface area contributed by atoms with Gasteiger partial charge in [-0.1, -0.05) is 32.5 Å². The molecule has 2 rings (SSSR count). The summed E-state index contributed by atoms with van der Waals surface area (Å²) in [5.74, 6) is -0.354. The normalized spacial score (nSPS) is 21.9. The van der Waals surface area contributed by atoms with Gasteiger partial charge in [0.2, 0.25) is 0 Å². The van der Waals surface area contributed by atoms with Crippen LogP contribution in [0.3, 0.4) is 0 Å². The minimum Gasteiger partial charge on any atom is -0.389 e. The fraction of sp³-hybridized carbons (Fsp3) is 0.533. The number of hydrogen-bond donors (Lipinski definition) is 2. The second-order valence-electron chi connectivity index (χ2n) is 6.16. The van der Waals surface area contributed by atoms with Crippen LogP contribution in [0.2, 0.25) is 0 Å². The summed E-state index contributed by atoms with van der Waals surface area (Å²) in [5, 5.41) is 3.42. The van der Waals surface area contributed by atoms with E-state index >= 15 is 0 Å². The highest BCUT2D eigenvalue weighted by molar-refractivity contribution is 7.80. The Bertz CT molecular complexity index is 485.